The molecular weight excluding hydrogens is 164 g/mol. The molecular formula is C10H16N2O. The van der Waals surface area contributed by atoms with Crippen molar-refractivity contribution in [2.24, 2.45) is 0 Å². The smallest absolute Gasteiger partial charge is 0.146 e. The van der Waals surface area contributed by atoms with E-state index < -0.39 is 0 Å². The fourth-order valence-corrected chi connectivity index (χ4v) is 1.93. The maximum Gasteiger partial charge on any atom is 0.146 e. The minimum absolute atomic E-state index is 0.0107. The molecule has 2 atom stereocenters. The molecule has 0 saturated carbocycles. The van der Waals surface area contributed by atoms with Crippen molar-refractivity contribution >= 4 is 5.78 Å². The van der Waals surface area contributed by atoms with E-state index in [1.165, 1.54) is 0 Å². The maximum absolute atomic E-state index is 11.3. The molecule has 0 bridgehead atoms. The summed E-state index contributed by atoms with van der Waals surface area (Å²) in [6, 6.07) is 2.05. The van der Waals surface area contributed by atoms with Crippen LogP contribution in [0, 0.1) is 11.3 Å². The van der Waals surface area contributed by atoms with E-state index >= 15 is 0 Å². The first kappa shape index (κ1) is 10.2. The number of hydrogen-bond acceptors (Lipinski definition) is 3. The topological polar surface area (TPSA) is 44.1 Å². The first-order valence-corrected chi connectivity index (χ1v) is 4.82. The third-order valence-corrected chi connectivity index (χ3v) is 2.70. The summed E-state index contributed by atoms with van der Waals surface area (Å²) in [5, 5.41) is 8.78. The fourth-order valence-electron chi connectivity index (χ4n) is 1.93. The van der Waals surface area contributed by atoms with Crippen LogP contribution in [0.4, 0.5) is 0 Å². The molecule has 0 aromatic rings. The Morgan fingerprint density at radius 3 is 2.85 bits per heavy atom. The summed E-state index contributed by atoms with van der Waals surface area (Å²) in [6.45, 7) is 4.37. The van der Waals surface area contributed by atoms with Crippen LogP contribution in [0.2, 0.25) is 0 Å². The molecule has 1 saturated heterocycles. The molecule has 1 aliphatic heterocycles. The van der Waals surface area contributed by atoms with Gasteiger partial charge in [-0.2, -0.15) is 5.26 Å². The zero-order valence-electron chi connectivity index (χ0n) is 8.29. The first-order chi connectivity index (χ1) is 6.16. The molecule has 1 fully saturated rings. The van der Waals surface area contributed by atoms with Crippen LogP contribution < -0.4 is 0 Å². The second-order valence-electron chi connectivity index (χ2n) is 3.67. The summed E-state index contributed by atoms with van der Waals surface area (Å²) < 4.78 is 0. The lowest BCUT2D eigenvalue weighted by atomic mass is 9.97. The summed E-state index contributed by atoms with van der Waals surface area (Å²) in [7, 11) is 0. The van der Waals surface area contributed by atoms with Crippen LogP contribution in [0.3, 0.4) is 0 Å². The van der Waals surface area contributed by atoms with Crippen LogP contribution in [-0.2, 0) is 4.79 Å². The molecule has 3 heteroatoms. The maximum atomic E-state index is 11.3. The molecule has 13 heavy (non-hydrogen) atoms. The number of hydrogen-bond donors (Lipinski definition) is 0. The lowest BCUT2D eigenvalue weighted by Gasteiger charge is -2.35. The van der Waals surface area contributed by atoms with Crippen molar-refractivity contribution < 1.29 is 4.79 Å². The van der Waals surface area contributed by atoms with Gasteiger partial charge in [0.1, 0.15) is 5.78 Å². The number of nitrogens with zero attached hydrogens (tertiary/aromatic N) is 2. The largest absolute Gasteiger partial charge is 0.298 e. The molecule has 0 radical (unpaired) electrons. The average molecular weight is 180 g/mol. The van der Waals surface area contributed by atoms with Crippen LogP contribution >= 0.6 is 0 Å². The zero-order chi connectivity index (χ0) is 9.84. The van der Waals surface area contributed by atoms with Crippen molar-refractivity contribution in [3.8, 4) is 6.07 Å². The van der Waals surface area contributed by atoms with E-state index in [-0.39, 0.29) is 17.9 Å². The van der Waals surface area contributed by atoms with Crippen LogP contribution in [0.25, 0.3) is 0 Å². The van der Waals surface area contributed by atoms with Gasteiger partial charge in [0, 0.05) is 6.54 Å². The molecule has 0 amide bonds. The lowest BCUT2D eigenvalue weighted by Crippen LogP contribution is -2.47. The fraction of sp³-hybridized carbons (Fsp3) is 0.800. The highest BCUT2D eigenvalue weighted by atomic mass is 16.1. The Labute approximate surface area is 79.3 Å². The second kappa shape index (κ2) is 4.38. The Hall–Kier alpha value is -0.880. The quantitative estimate of drug-likeness (QED) is 0.644. The number of rotatable bonds is 2. The van der Waals surface area contributed by atoms with Crippen molar-refractivity contribution in [3.05, 3.63) is 0 Å². The number of piperidine rings is 1. The number of likely N-dealkylation sites (tertiary alicyclic amines) is 1. The summed E-state index contributed by atoms with van der Waals surface area (Å²) in [5.74, 6) is 0.196. The van der Waals surface area contributed by atoms with E-state index in [0.717, 1.165) is 25.8 Å². The van der Waals surface area contributed by atoms with E-state index in [0.29, 0.717) is 0 Å². The molecule has 1 aliphatic rings. The molecule has 72 valence electrons. The van der Waals surface area contributed by atoms with Crippen molar-refractivity contribution in [1.82, 2.24) is 4.90 Å². The van der Waals surface area contributed by atoms with Gasteiger partial charge in [0.15, 0.2) is 0 Å². The molecule has 0 N–H and O–H groups in total. The van der Waals surface area contributed by atoms with Gasteiger partial charge in [0.05, 0.1) is 18.2 Å². The third kappa shape index (κ3) is 2.28. The van der Waals surface area contributed by atoms with Crippen molar-refractivity contribution in [2.45, 2.75) is 45.2 Å². The SMILES string of the molecule is CC(=O)C1CCCCN1C(C)C#N. The molecule has 2 unspecified atom stereocenters. The van der Waals surface area contributed by atoms with Crippen molar-refractivity contribution in [3.63, 3.8) is 0 Å². The highest BCUT2D eigenvalue weighted by Crippen LogP contribution is 2.19. The number of nitriles is 1. The molecule has 0 aliphatic carbocycles. The van der Waals surface area contributed by atoms with Gasteiger partial charge in [-0.25, -0.2) is 0 Å². The predicted molar refractivity (Wildman–Crippen MR) is 50.1 cm³/mol. The zero-order valence-corrected chi connectivity index (χ0v) is 8.29. The van der Waals surface area contributed by atoms with E-state index in [9.17, 15) is 4.79 Å². The van der Waals surface area contributed by atoms with E-state index in [1.54, 1.807) is 6.92 Å². The first-order valence-electron chi connectivity index (χ1n) is 4.82. The standard InChI is InChI=1S/C10H16N2O/c1-8(7-11)12-6-4-3-5-10(12)9(2)13/h8,10H,3-6H2,1-2H3. The molecule has 1 rings (SSSR count). The van der Waals surface area contributed by atoms with Crippen LogP contribution in [-0.4, -0.2) is 29.3 Å². The van der Waals surface area contributed by atoms with E-state index in [1.807, 2.05) is 11.8 Å². The van der Waals surface area contributed by atoms with Gasteiger partial charge in [-0.1, -0.05) is 6.42 Å². The van der Waals surface area contributed by atoms with Gasteiger partial charge in [0.2, 0.25) is 0 Å². The summed E-state index contributed by atoms with van der Waals surface area (Å²) in [6.07, 6.45) is 3.13. The van der Waals surface area contributed by atoms with Crippen LogP contribution in [0.1, 0.15) is 33.1 Å². The highest BCUT2D eigenvalue weighted by molar-refractivity contribution is 5.81. The summed E-state index contributed by atoms with van der Waals surface area (Å²) >= 11 is 0. The molecule has 0 aromatic carbocycles. The van der Waals surface area contributed by atoms with Gasteiger partial charge >= 0.3 is 0 Å². The van der Waals surface area contributed by atoms with Gasteiger partial charge in [-0.3, -0.25) is 9.69 Å². The summed E-state index contributed by atoms with van der Waals surface area (Å²) in [5.41, 5.74) is 0. The number of ketones is 1. The molecule has 1 heterocycles. The highest BCUT2D eigenvalue weighted by Gasteiger charge is 2.29. The van der Waals surface area contributed by atoms with Crippen molar-refractivity contribution in [2.75, 3.05) is 6.54 Å². The Kier molecular flexibility index (Phi) is 3.44. The average Bonchev–Trinajstić information content (AvgIpc) is 2.16. The van der Waals surface area contributed by atoms with Gasteiger partial charge < -0.3 is 0 Å². The second-order valence-corrected chi connectivity index (χ2v) is 3.67. The number of Topliss-reactive ketones (excluding diaryl/α,β-unsaturated/α-hetero) is 1. The van der Waals surface area contributed by atoms with Gasteiger partial charge in [-0.05, 0) is 26.7 Å². The normalized spacial score (nSPS) is 26.4. The Balaban J connectivity index is 2.68. The minimum Gasteiger partial charge on any atom is -0.298 e. The van der Waals surface area contributed by atoms with Gasteiger partial charge in [0.25, 0.3) is 0 Å². The number of carbonyl (C=O) groups excluding carboxylic acids is 1. The molecule has 0 aromatic heterocycles. The Morgan fingerprint density at radius 1 is 1.62 bits per heavy atom. The predicted octanol–water partition coefficient (Wildman–Crippen LogP) is 1.34. The monoisotopic (exact) mass is 180 g/mol. The van der Waals surface area contributed by atoms with E-state index in [2.05, 4.69) is 6.07 Å². The van der Waals surface area contributed by atoms with Crippen LogP contribution in [0.5, 0.6) is 0 Å². The summed E-state index contributed by atoms with van der Waals surface area (Å²) in [4.78, 5) is 13.3. The number of carbonyl (C=O) groups is 1. The van der Waals surface area contributed by atoms with E-state index in [4.69, 9.17) is 5.26 Å². The van der Waals surface area contributed by atoms with Crippen LogP contribution in [0.15, 0.2) is 0 Å². The molecule has 0 spiro atoms. The lowest BCUT2D eigenvalue weighted by molar-refractivity contribution is -0.123. The third-order valence-electron chi connectivity index (χ3n) is 2.70. The van der Waals surface area contributed by atoms with Gasteiger partial charge in [-0.15, -0.1) is 0 Å². The minimum atomic E-state index is -0.130. The van der Waals surface area contributed by atoms with Crippen molar-refractivity contribution in [1.29, 1.82) is 5.26 Å². The Bertz CT molecular complexity index is 232. The molecule has 3 nitrogen and oxygen atoms in total. The Morgan fingerprint density at radius 2 is 2.31 bits per heavy atom.